The van der Waals surface area contributed by atoms with Crippen molar-refractivity contribution in [3.05, 3.63) is 95.8 Å². The molecule has 4 nitrogen and oxygen atoms in total. The van der Waals surface area contributed by atoms with Crippen molar-refractivity contribution in [2.24, 2.45) is 0 Å². The number of H-pyrrole nitrogens is 1. The van der Waals surface area contributed by atoms with Crippen LogP contribution in [0.2, 0.25) is 0 Å². The summed E-state index contributed by atoms with van der Waals surface area (Å²) in [6.07, 6.45) is 0.156. The highest BCUT2D eigenvalue weighted by Gasteiger charge is 2.14. The Hall–Kier alpha value is -3.99. The van der Waals surface area contributed by atoms with Crippen molar-refractivity contribution in [3.63, 3.8) is 0 Å². The molecular weight excluding hydrogens is 377 g/mol. The lowest BCUT2D eigenvalue weighted by atomic mass is 9.94. The fourth-order valence-corrected chi connectivity index (χ4v) is 3.96. The van der Waals surface area contributed by atoms with Crippen LogP contribution < -0.4 is 5.73 Å². The first kappa shape index (κ1) is 18.1. The van der Waals surface area contributed by atoms with E-state index in [4.69, 9.17) is 5.73 Å². The number of carbonyl (C=O) groups is 1. The number of nitrogens with two attached hydrogens (primary N) is 1. The van der Waals surface area contributed by atoms with Crippen LogP contribution >= 0.6 is 0 Å². The molecule has 5 rings (SSSR count). The average Bonchev–Trinajstić information content (AvgIpc) is 3.14. The fourth-order valence-electron chi connectivity index (χ4n) is 3.96. The Labute approximate surface area is 172 Å². The van der Waals surface area contributed by atoms with Gasteiger partial charge in [0.05, 0.1) is 10.9 Å². The summed E-state index contributed by atoms with van der Waals surface area (Å²) in [7, 11) is 0. The molecule has 5 aromatic rings. The van der Waals surface area contributed by atoms with Crippen LogP contribution in [-0.4, -0.2) is 16.0 Å². The number of rotatable bonds is 4. The van der Waals surface area contributed by atoms with Gasteiger partial charge in [-0.15, -0.1) is 0 Å². The lowest BCUT2D eigenvalue weighted by Gasteiger charge is -2.10. The highest BCUT2D eigenvalue weighted by Crippen LogP contribution is 2.33. The number of Topliss-reactive ketones (excluding diaryl/α,β-unsaturated/α-hetero) is 1. The van der Waals surface area contributed by atoms with Gasteiger partial charge in [-0.2, -0.15) is 5.10 Å². The standard InChI is InChI=1S/C25H18FN3O/c26-18-6-1-4-15(12-18)13-23(30)21-8-2-5-16-14-17(10-11-19(16)21)20-7-3-9-22-24(20)25(27)29-28-22/h1-12,14H,13H2,(H3,27,28,29). The second-order valence-corrected chi connectivity index (χ2v) is 7.31. The van der Waals surface area contributed by atoms with Gasteiger partial charge in [0.1, 0.15) is 5.82 Å². The Kier molecular flexibility index (Phi) is 4.29. The van der Waals surface area contributed by atoms with Gasteiger partial charge in [-0.25, -0.2) is 4.39 Å². The smallest absolute Gasteiger partial charge is 0.167 e. The molecule has 0 radical (unpaired) electrons. The lowest BCUT2D eigenvalue weighted by molar-refractivity contribution is 0.0994. The van der Waals surface area contributed by atoms with Crippen LogP contribution in [-0.2, 0) is 6.42 Å². The largest absolute Gasteiger partial charge is 0.382 e. The number of nitrogens with one attached hydrogen (secondary N) is 1. The molecule has 0 amide bonds. The van der Waals surface area contributed by atoms with Crippen LogP contribution in [0.5, 0.6) is 0 Å². The quantitative estimate of drug-likeness (QED) is 0.393. The van der Waals surface area contributed by atoms with E-state index in [-0.39, 0.29) is 18.0 Å². The summed E-state index contributed by atoms with van der Waals surface area (Å²) in [6.45, 7) is 0. The number of hydrogen-bond acceptors (Lipinski definition) is 3. The molecule has 0 unspecified atom stereocenters. The van der Waals surface area contributed by atoms with E-state index in [2.05, 4.69) is 16.3 Å². The topological polar surface area (TPSA) is 71.8 Å². The zero-order chi connectivity index (χ0) is 20.7. The molecule has 30 heavy (non-hydrogen) atoms. The molecule has 0 saturated carbocycles. The maximum absolute atomic E-state index is 13.5. The van der Waals surface area contributed by atoms with E-state index in [0.717, 1.165) is 32.8 Å². The molecule has 0 saturated heterocycles. The van der Waals surface area contributed by atoms with Crippen molar-refractivity contribution in [2.75, 3.05) is 5.73 Å². The number of fused-ring (bicyclic) bond motifs is 2. The number of benzene rings is 4. The minimum atomic E-state index is -0.337. The van der Waals surface area contributed by atoms with E-state index >= 15 is 0 Å². The first-order valence-corrected chi connectivity index (χ1v) is 9.63. The molecule has 5 heteroatoms. The number of ketones is 1. The average molecular weight is 395 g/mol. The zero-order valence-corrected chi connectivity index (χ0v) is 16.0. The van der Waals surface area contributed by atoms with Gasteiger partial charge in [0.2, 0.25) is 0 Å². The number of aromatic nitrogens is 2. The molecule has 0 spiro atoms. The van der Waals surface area contributed by atoms with E-state index < -0.39 is 0 Å². The third-order valence-electron chi connectivity index (χ3n) is 5.36. The number of carbonyl (C=O) groups excluding carboxylic acids is 1. The minimum absolute atomic E-state index is 0.0415. The minimum Gasteiger partial charge on any atom is -0.382 e. The number of anilines is 1. The number of nitrogen functional groups attached to an aromatic ring is 1. The van der Waals surface area contributed by atoms with E-state index in [0.29, 0.717) is 16.9 Å². The molecule has 1 aromatic heterocycles. The van der Waals surface area contributed by atoms with E-state index in [9.17, 15) is 9.18 Å². The third kappa shape index (κ3) is 3.10. The zero-order valence-electron chi connectivity index (χ0n) is 16.0. The van der Waals surface area contributed by atoms with Crippen molar-refractivity contribution in [3.8, 4) is 11.1 Å². The number of aromatic amines is 1. The number of halogens is 1. The molecule has 0 aliphatic heterocycles. The summed E-state index contributed by atoms with van der Waals surface area (Å²) in [5.41, 5.74) is 10.2. The monoisotopic (exact) mass is 395 g/mol. The first-order valence-electron chi connectivity index (χ1n) is 9.63. The molecule has 1 heterocycles. The predicted molar refractivity (Wildman–Crippen MR) is 118 cm³/mol. The normalized spacial score (nSPS) is 11.2. The van der Waals surface area contributed by atoms with Crippen molar-refractivity contribution in [1.82, 2.24) is 10.2 Å². The molecule has 146 valence electrons. The van der Waals surface area contributed by atoms with Gasteiger partial charge >= 0.3 is 0 Å². The summed E-state index contributed by atoms with van der Waals surface area (Å²) < 4.78 is 13.5. The fraction of sp³-hybridized carbons (Fsp3) is 0.0400. The van der Waals surface area contributed by atoms with Crippen LogP contribution in [0.25, 0.3) is 32.8 Å². The maximum atomic E-state index is 13.5. The van der Waals surface area contributed by atoms with E-state index in [1.165, 1.54) is 12.1 Å². The van der Waals surface area contributed by atoms with Gasteiger partial charge in [0, 0.05) is 12.0 Å². The summed E-state index contributed by atoms with van der Waals surface area (Å²) in [4.78, 5) is 12.9. The predicted octanol–water partition coefficient (Wildman–Crippen LogP) is 5.53. The molecule has 0 aliphatic carbocycles. The van der Waals surface area contributed by atoms with Gasteiger partial charge in [-0.05, 0) is 51.7 Å². The summed E-state index contributed by atoms with van der Waals surface area (Å²) in [5, 5.41) is 9.76. The lowest BCUT2D eigenvalue weighted by Crippen LogP contribution is -2.04. The van der Waals surface area contributed by atoms with Gasteiger partial charge in [0.25, 0.3) is 0 Å². The summed E-state index contributed by atoms with van der Waals surface area (Å²) in [5.74, 6) is 0.0791. The third-order valence-corrected chi connectivity index (χ3v) is 5.36. The highest BCUT2D eigenvalue weighted by atomic mass is 19.1. The maximum Gasteiger partial charge on any atom is 0.167 e. The molecule has 4 aromatic carbocycles. The second-order valence-electron chi connectivity index (χ2n) is 7.31. The number of nitrogens with zero attached hydrogens (tertiary/aromatic N) is 1. The van der Waals surface area contributed by atoms with Crippen molar-refractivity contribution < 1.29 is 9.18 Å². The van der Waals surface area contributed by atoms with Gasteiger partial charge in [0.15, 0.2) is 11.6 Å². The summed E-state index contributed by atoms with van der Waals surface area (Å²) in [6, 6.07) is 23.7. The van der Waals surface area contributed by atoms with Crippen LogP contribution in [0.1, 0.15) is 15.9 Å². The van der Waals surface area contributed by atoms with Gasteiger partial charge < -0.3 is 5.73 Å². The Morgan fingerprint density at radius 2 is 1.80 bits per heavy atom. The van der Waals surface area contributed by atoms with Crippen LogP contribution in [0.4, 0.5) is 10.2 Å². The molecule has 0 bridgehead atoms. The van der Waals surface area contributed by atoms with Crippen LogP contribution in [0.3, 0.4) is 0 Å². The van der Waals surface area contributed by atoms with Crippen molar-refractivity contribution in [1.29, 1.82) is 0 Å². The van der Waals surface area contributed by atoms with Crippen LogP contribution in [0, 0.1) is 5.82 Å². The second kappa shape index (κ2) is 7.12. The SMILES string of the molecule is Nc1n[nH]c2cccc(-c3ccc4c(C(=O)Cc5cccc(F)c5)cccc4c3)c12. The molecule has 3 N–H and O–H groups in total. The van der Waals surface area contributed by atoms with Gasteiger partial charge in [-0.3, -0.25) is 9.89 Å². The number of hydrogen-bond donors (Lipinski definition) is 2. The van der Waals surface area contributed by atoms with Crippen molar-refractivity contribution >= 4 is 33.3 Å². The Morgan fingerprint density at radius 1 is 0.967 bits per heavy atom. The van der Waals surface area contributed by atoms with E-state index in [1.807, 2.05) is 48.5 Å². The molecule has 0 atom stereocenters. The van der Waals surface area contributed by atoms with Crippen LogP contribution in [0.15, 0.2) is 78.9 Å². The Morgan fingerprint density at radius 3 is 2.67 bits per heavy atom. The molecule has 0 aliphatic rings. The summed E-state index contributed by atoms with van der Waals surface area (Å²) >= 11 is 0. The van der Waals surface area contributed by atoms with Crippen molar-refractivity contribution in [2.45, 2.75) is 6.42 Å². The van der Waals surface area contributed by atoms with E-state index in [1.54, 1.807) is 12.1 Å². The van der Waals surface area contributed by atoms with Gasteiger partial charge in [-0.1, -0.05) is 54.6 Å². The highest BCUT2D eigenvalue weighted by molar-refractivity contribution is 6.10. The molecule has 0 fully saturated rings. The molecular formula is C25H18FN3O. The Bertz CT molecular complexity index is 1420. The Balaban J connectivity index is 1.57. The first-order chi connectivity index (χ1) is 14.6.